The zero-order chi connectivity index (χ0) is 13.9. The van der Waals surface area contributed by atoms with Crippen molar-refractivity contribution in [3.8, 4) is 0 Å². The minimum Gasteiger partial charge on any atom is -0.444 e. The highest BCUT2D eigenvalue weighted by Crippen LogP contribution is 2.24. The smallest absolute Gasteiger partial charge is 0.407 e. The summed E-state index contributed by atoms with van der Waals surface area (Å²) in [4.78, 5) is 15.9. The summed E-state index contributed by atoms with van der Waals surface area (Å²) in [6, 6.07) is 0.568. The largest absolute Gasteiger partial charge is 0.444 e. The molecule has 2 atom stereocenters. The van der Waals surface area contributed by atoms with Crippen molar-refractivity contribution < 1.29 is 9.53 Å². The molecular formula is C13H21N3O2S. The van der Waals surface area contributed by atoms with Gasteiger partial charge in [-0.2, -0.15) is 0 Å². The number of thiazole rings is 1. The zero-order valence-electron chi connectivity index (χ0n) is 11.6. The molecule has 0 aliphatic heterocycles. The number of carbonyl (C=O) groups excluding carboxylic acids is 1. The van der Waals surface area contributed by atoms with E-state index in [4.69, 9.17) is 4.74 Å². The molecule has 5 nitrogen and oxygen atoms in total. The molecule has 19 heavy (non-hydrogen) atoms. The van der Waals surface area contributed by atoms with Crippen LogP contribution in [0.4, 0.5) is 9.93 Å². The van der Waals surface area contributed by atoms with Crippen LogP contribution in [-0.2, 0) is 4.74 Å². The molecule has 1 aromatic rings. The summed E-state index contributed by atoms with van der Waals surface area (Å²) in [5.41, 5.74) is -0.443. The van der Waals surface area contributed by atoms with Crippen LogP contribution in [0.15, 0.2) is 11.6 Å². The molecule has 0 bridgehead atoms. The second kappa shape index (κ2) is 5.77. The first-order valence-electron chi connectivity index (χ1n) is 6.58. The van der Waals surface area contributed by atoms with Gasteiger partial charge in [-0.15, -0.1) is 11.3 Å². The summed E-state index contributed by atoms with van der Waals surface area (Å²) in [5.74, 6) is 0. The molecule has 106 valence electrons. The standard InChI is InChI=1S/C13H21N3O2S/c1-13(2,3)18-12(17)16-10-5-4-9(8-10)15-11-14-6-7-19-11/h6-7,9-10H,4-5,8H2,1-3H3,(H,14,15)(H,16,17). The topological polar surface area (TPSA) is 63.2 Å². The van der Waals surface area contributed by atoms with Crippen molar-refractivity contribution in [2.24, 2.45) is 0 Å². The molecule has 0 spiro atoms. The second-order valence-electron chi connectivity index (χ2n) is 5.83. The highest BCUT2D eigenvalue weighted by atomic mass is 32.1. The number of nitrogens with zero attached hydrogens (tertiary/aromatic N) is 1. The first-order valence-corrected chi connectivity index (χ1v) is 7.46. The van der Waals surface area contributed by atoms with Crippen LogP contribution >= 0.6 is 11.3 Å². The Kier molecular flexibility index (Phi) is 4.29. The first-order chi connectivity index (χ1) is 8.92. The quantitative estimate of drug-likeness (QED) is 0.895. The van der Waals surface area contributed by atoms with E-state index in [-0.39, 0.29) is 12.1 Å². The van der Waals surface area contributed by atoms with Gasteiger partial charge in [-0.05, 0) is 40.0 Å². The van der Waals surface area contributed by atoms with E-state index in [1.807, 2.05) is 26.2 Å². The van der Waals surface area contributed by atoms with Gasteiger partial charge in [0.15, 0.2) is 5.13 Å². The molecule has 2 unspecified atom stereocenters. The second-order valence-corrected chi connectivity index (χ2v) is 6.73. The molecule has 2 N–H and O–H groups in total. The van der Waals surface area contributed by atoms with Crippen LogP contribution in [-0.4, -0.2) is 28.8 Å². The third-order valence-electron chi connectivity index (χ3n) is 2.91. The van der Waals surface area contributed by atoms with Gasteiger partial charge in [0.25, 0.3) is 0 Å². The highest BCUT2D eigenvalue weighted by molar-refractivity contribution is 7.13. The van der Waals surface area contributed by atoms with Gasteiger partial charge in [-0.1, -0.05) is 0 Å². The highest BCUT2D eigenvalue weighted by Gasteiger charge is 2.27. The summed E-state index contributed by atoms with van der Waals surface area (Å²) in [7, 11) is 0. The number of ether oxygens (including phenoxy) is 1. The molecule has 1 fully saturated rings. The Balaban J connectivity index is 1.74. The van der Waals surface area contributed by atoms with E-state index in [9.17, 15) is 4.79 Å². The van der Waals surface area contributed by atoms with Gasteiger partial charge in [-0.25, -0.2) is 9.78 Å². The first kappa shape index (κ1) is 14.1. The van der Waals surface area contributed by atoms with E-state index in [2.05, 4.69) is 15.6 Å². The minimum absolute atomic E-state index is 0.187. The average Bonchev–Trinajstić information content (AvgIpc) is 2.88. The maximum absolute atomic E-state index is 11.7. The normalized spacial score (nSPS) is 23.1. The van der Waals surface area contributed by atoms with Crippen molar-refractivity contribution >= 4 is 22.6 Å². The minimum atomic E-state index is -0.443. The van der Waals surface area contributed by atoms with Gasteiger partial charge < -0.3 is 15.4 Å². The van der Waals surface area contributed by atoms with Crippen LogP contribution in [0, 0.1) is 0 Å². The van der Waals surface area contributed by atoms with Gasteiger partial charge >= 0.3 is 6.09 Å². The average molecular weight is 283 g/mol. The molecule has 6 heteroatoms. The van der Waals surface area contributed by atoms with Gasteiger partial charge in [0.1, 0.15) is 5.60 Å². The van der Waals surface area contributed by atoms with Crippen LogP contribution in [0.25, 0.3) is 0 Å². The Labute approximate surface area is 117 Å². The Morgan fingerprint density at radius 3 is 2.79 bits per heavy atom. The molecule has 0 radical (unpaired) electrons. The van der Waals surface area contributed by atoms with Crippen LogP contribution in [0.5, 0.6) is 0 Å². The van der Waals surface area contributed by atoms with Crippen molar-refractivity contribution in [2.75, 3.05) is 5.32 Å². The third kappa shape index (κ3) is 4.70. The number of nitrogens with one attached hydrogen (secondary N) is 2. The Bertz CT molecular complexity index is 414. The number of hydrogen-bond donors (Lipinski definition) is 2. The van der Waals surface area contributed by atoms with E-state index in [1.54, 1.807) is 17.5 Å². The Morgan fingerprint density at radius 1 is 1.42 bits per heavy atom. The van der Waals surface area contributed by atoms with Crippen LogP contribution in [0.3, 0.4) is 0 Å². The molecule has 1 amide bonds. The maximum atomic E-state index is 11.7. The number of carbonyl (C=O) groups is 1. The van der Waals surface area contributed by atoms with Gasteiger partial charge in [0.2, 0.25) is 0 Å². The van der Waals surface area contributed by atoms with E-state index in [0.717, 1.165) is 24.4 Å². The molecule has 1 aliphatic rings. The predicted octanol–water partition coefficient (Wildman–Crippen LogP) is 3.00. The molecule has 1 aliphatic carbocycles. The molecule has 1 saturated carbocycles. The molecule has 0 aromatic carbocycles. The van der Waals surface area contributed by atoms with Crippen molar-refractivity contribution in [2.45, 2.75) is 57.7 Å². The van der Waals surface area contributed by atoms with E-state index in [0.29, 0.717) is 6.04 Å². The summed E-state index contributed by atoms with van der Waals surface area (Å²) in [6.45, 7) is 5.61. The van der Waals surface area contributed by atoms with E-state index >= 15 is 0 Å². The number of aromatic nitrogens is 1. The number of amides is 1. The number of rotatable bonds is 3. The van der Waals surface area contributed by atoms with E-state index in [1.165, 1.54) is 0 Å². The zero-order valence-corrected chi connectivity index (χ0v) is 12.4. The fourth-order valence-electron chi connectivity index (χ4n) is 2.19. The number of anilines is 1. The SMILES string of the molecule is CC(C)(C)OC(=O)NC1CCC(Nc2nccs2)C1. The lowest BCUT2D eigenvalue weighted by Gasteiger charge is -2.21. The molecule has 0 saturated heterocycles. The van der Waals surface area contributed by atoms with Crippen molar-refractivity contribution in [3.05, 3.63) is 11.6 Å². The van der Waals surface area contributed by atoms with Crippen LogP contribution in [0.1, 0.15) is 40.0 Å². The van der Waals surface area contributed by atoms with Crippen LogP contribution < -0.4 is 10.6 Å². The lowest BCUT2D eigenvalue weighted by Crippen LogP contribution is -2.38. The van der Waals surface area contributed by atoms with Gasteiger partial charge in [0.05, 0.1) is 0 Å². The molecule has 1 heterocycles. The monoisotopic (exact) mass is 283 g/mol. The van der Waals surface area contributed by atoms with Crippen molar-refractivity contribution in [1.29, 1.82) is 0 Å². The number of hydrogen-bond acceptors (Lipinski definition) is 5. The summed E-state index contributed by atoms with van der Waals surface area (Å²) < 4.78 is 5.26. The molecular weight excluding hydrogens is 262 g/mol. The Hall–Kier alpha value is -1.30. The summed E-state index contributed by atoms with van der Waals surface area (Å²) in [5, 5.41) is 9.21. The molecule has 2 rings (SSSR count). The van der Waals surface area contributed by atoms with Crippen LogP contribution in [0.2, 0.25) is 0 Å². The lowest BCUT2D eigenvalue weighted by atomic mass is 10.2. The Morgan fingerprint density at radius 2 is 2.16 bits per heavy atom. The van der Waals surface area contributed by atoms with Crippen molar-refractivity contribution in [3.63, 3.8) is 0 Å². The van der Waals surface area contributed by atoms with Gasteiger partial charge in [0, 0.05) is 23.7 Å². The lowest BCUT2D eigenvalue weighted by molar-refractivity contribution is 0.0505. The van der Waals surface area contributed by atoms with E-state index < -0.39 is 5.60 Å². The fraction of sp³-hybridized carbons (Fsp3) is 0.692. The summed E-state index contributed by atoms with van der Waals surface area (Å²) in [6.07, 6.45) is 4.40. The fourth-order valence-corrected chi connectivity index (χ4v) is 2.79. The number of alkyl carbamates (subject to hydrolysis) is 1. The molecule has 1 aromatic heterocycles. The third-order valence-corrected chi connectivity index (χ3v) is 3.62. The summed E-state index contributed by atoms with van der Waals surface area (Å²) >= 11 is 1.60. The van der Waals surface area contributed by atoms with Gasteiger partial charge in [-0.3, -0.25) is 0 Å². The predicted molar refractivity (Wildman–Crippen MR) is 76.5 cm³/mol. The maximum Gasteiger partial charge on any atom is 0.407 e. The van der Waals surface area contributed by atoms with Crippen molar-refractivity contribution in [1.82, 2.24) is 10.3 Å².